The van der Waals surface area contributed by atoms with Gasteiger partial charge in [-0.25, -0.2) is 4.98 Å². The Morgan fingerprint density at radius 3 is 2.85 bits per heavy atom. The topological polar surface area (TPSA) is 99.2 Å². The number of rotatable bonds is 3. The summed E-state index contributed by atoms with van der Waals surface area (Å²) in [6.07, 6.45) is 7.93. The highest BCUT2D eigenvalue weighted by Gasteiger charge is 2.33. The zero-order valence-electron chi connectivity index (χ0n) is 15.2. The Labute approximate surface area is 157 Å². The minimum atomic E-state index is -0.952. The number of H-pyrrole nitrogens is 1. The molecule has 1 atom stereocenters. The van der Waals surface area contributed by atoms with Crippen molar-refractivity contribution in [2.45, 2.75) is 51.2 Å². The predicted octanol–water partition coefficient (Wildman–Crippen LogP) is 1.66. The zero-order valence-corrected chi connectivity index (χ0v) is 15.2. The number of aliphatic hydroxyl groups is 1. The van der Waals surface area contributed by atoms with Gasteiger partial charge in [0, 0.05) is 30.1 Å². The molecule has 1 fully saturated rings. The molecule has 0 saturated heterocycles. The van der Waals surface area contributed by atoms with Crippen molar-refractivity contribution in [2.24, 2.45) is 5.92 Å². The number of nitrogens with zero attached hydrogens (tertiary/aromatic N) is 3. The number of hydrogen-bond acceptors (Lipinski definition) is 5. The van der Waals surface area contributed by atoms with Gasteiger partial charge in [0.25, 0.3) is 11.5 Å². The molecule has 142 valence electrons. The van der Waals surface area contributed by atoms with Crippen LogP contribution in [0.5, 0.6) is 0 Å². The standard InChI is InChI=1S/C20H24N4O3/c25-17(13-5-2-1-3-6-13)20(27)24-10-8-15-16(12-24)22-18(23-19(15)26)14-7-4-9-21-11-14/h4,7,9,11,13,17,25H,1-3,5-6,8,10,12H2,(H,22,23,26)/t17-/m1/s1. The molecule has 2 aromatic rings. The monoisotopic (exact) mass is 368 g/mol. The molecule has 0 spiro atoms. The highest BCUT2D eigenvalue weighted by molar-refractivity contribution is 5.81. The van der Waals surface area contributed by atoms with E-state index in [0.717, 1.165) is 31.2 Å². The largest absolute Gasteiger partial charge is 0.383 e. The fourth-order valence-corrected chi connectivity index (χ4v) is 4.11. The lowest BCUT2D eigenvalue weighted by Crippen LogP contribution is -2.46. The first-order valence-electron chi connectivity index (χ1n) is 9.63. The maximum absolute atomic E-state index is 12.8. The van der Waals surface area contributed by atoms with E-state index in [-0.39, 0.29) is 23.9 Å². The number of aromatic nitrogens is 3. The third-order valence-corrected chi connectivity index (χ3v) is 5.67. The van der Waals surface area contributed by atoms with Gasteiger partial charge in [-0.1, -0.05) is 19.3 Å². The average Bonchev–Trinajstić information content (AvgIpc) is 2.73. The van der Waals surface area contributed by atoms with Crippen LogP contribution in [0.3, 0.4) is 0 Å². The molecule has 0 radical (unpaired) electrons. The lowest BCUT2D eigenvalue weighted by Gasteiger charge is -2.33. The molecule has 1 aliphatic heterocycles. The molecule has 7 nitrogen and oxygen atoms in total. The Balaban J connectivity index is 1.56. The van der Waals surface area contributed by atoms with Crippen molar-refractivity contribution < 1.29 is 9.90 Å². The van der Waals surface area contributed by atoms with Crippen LogP contribution in [0.25, 0.3) is 11.4 Å². The van der Waals surface area contributed by atoms with Gasteiger partial charge >= 0.3 is 0 Å². The summed E-state index contributed by atoms with van der Waals surface area (Å²) in [6.45, 7) is 0.696. The molecule has 0 bridgehead atoms. The molecular weight excluding hydrogens is 344 g/mol. The van der Waals surface area contributed by atoms with Crippen molar-refractivity contribution in [3.63, 3.8) is 0 Å². The quantitative estimate of drug-likeness (QED) is 0.858. The summed E-state index contributed by atoms with van der Waals surface area (Å²) < 4.78 is 0. The molecule has 2 aliphatic rings. The van der Waals surface area contributed by atoms with Crippen LogP contribution in [0, 0.1) is 5.92 Å². The van der Waals surface area contributed by atoms with Crippen molar-refractivity contribution in [1.82, 2.24) is 19.9 Å². The summed E-state index contributed by atoms with van der Waals surface area (Å²) >= 11 is 0. The highest BCUT2D eigenvalue weighted by Crippen LogP contribution is 2.28. The van der Waals surface area contributed by atoms with Crippen molar-refractivity contribution in [3.8, 4) is 11.4 Å². The van der Waals surface area contributed by atoms with E-state index in [1.54, 1.807) is 23.4 Å². The minimum absolute atomic E-state index is 0.0470. The van der Waals surface area contributed by atoms with Crippen molar-refractivity contribution >= 4 is 5.91 Å². The number of aromatic amines is 1. The molecule has 2 N–H and O–H groups in total. The first kappa shape index (κ1) is 17.9. The number of fused-ring (bicyclic) bond motifs is 1. The minimum Gasteiger partial charge on any atom is -0.383 e. The van der Waals surface area contributed by atoms with E-state index < -0.39 is 6.10 Å². The second-order valence-corrected chi connectivity index (χ2v) is 7.43. The van der Waals surface area contributed by atoms with Crippen LogP contribution < -0.4 is 5.56 Å². The van der Waals surface area contributed by atoms with Gasteiger partial charge in [0.05, 0.1) is 12.2 Å². The third-order valence-electron chi connectivity index (χ3n) is 5.67. The Kier molecular flexibility index (Phi) is 5.03. The van der Waals surface area contributed by atoms with Crippen molar-refractivity contribution in [3.05, 3.63) is 46.1 Å². The van der Waals surface area contributed by atoms with E-state index in [0.29, 0.717) is 30.0 Å². The molecule has 4 rings (SSSR count). The van der Waals surface area contributed by atoms with Gasteiger partial charge in [0.1, 0.15) is 11.9 Å². The van der Waals surface area contributed by atoms with Crippen LogP contribution >= 0.6 is 0 Å². The molecular formula is C20H24N4O3. The molecule has 0 unspecified atom stereocenters. The first-order valence-corrected chi connectivity index (χ1v) is 9.63. The Morgan fingerprint density at radius 1 is 1.30 bits per heavy atom. The van der Waals surface area contributed by atoms with E-state index in [4.69, 9.17) is 0 Å². The van der Waals surface area contributed by atoms with Gasteiger partial charge in [-0.15, -0.1) is 0 Å². The molecule has 1 aliphatic carbocycles. The third kappa shape index (κ3) is 3.64. The smallest absolute Gasteiger partial charge is 0.254 e. The maximum atomic E-state index is 12.8. The summed E-state index contributed by atoms with van der Waals surface area (Å²) in [5, 5.41) is 10.5. The Bertz CT molecular complexity index is 875. The number of hydrogen-bond donors (Lipinski definition) is 2. The van der Waals surface area contributed by atoms with Gasteiger partial charge in [-0.05, 0) is 37.3 Å². The fraction of sp³-hybridized carbons (Fsp3) is 0.500. The maximum Gasteiger partial charge on any atom is 0.254 e. The lowest BCUT2D eigenvalue weighted by molar-refractivity contribution is -0.144. The van der Waals surface area contributed by atoms with Crippen LogP contribution in [0.2, 0.25) is 0 Å². The molecule has 2 aromatic heterocycles. The second-order valence-electron chi connectivity index (χ2n) is 7.43. The first-order chi connectivity index (χ1) is 13.1. The molecule has 3 heterocycles. The summed E-state index contributed by atoms with van der Waals surface area (Å²) in [5.74, 6) is 0.261. The number of carbonyl (C=O) groups excluding carboxylic acids is 1. The molecule has 7 heteroatoms. The number of pyridine rings is 1. The van der Waals surface area contributed by atoms with Crippen LogP contribution in [0.4, 0.5) is 0 Å². The molecule has 1 amide bonds. The van der Waals surface area contributed by atoms with Crippen molar-refractivity contribution in [1.29, 1.82) is 0 Å². The summed E-state index contributed by atoms with van der Waals surface area (Å²) in [6, 6.07) is 3.61. The fourth-order valence-electron chi connectivity index (χ4n) is 4.11. The number of aliphatic hydroxyl groups excluding tert-OH is 1. The molecule has 0 aromatic carbocycles. The zero-order chi connectivity index (χ0) is 18.8. The highest BCUT2D eigenvalue weighted by atomic mass is 16.3. The van der Waals surface area contributed by atoms with Crippen LogP contribution in [-0.2, 0) is 17.8 Å². The van der Waals surface area contributed by atoms with Crippen molar-refractivity contribution in [2.75, 3.05) is 6.54 Å². The van der Waals surface area contributed by atoms with Gasteiger partial charge in [-0.3, -0.25) is 14.6 Å². The molecule has 1 saturated carbocycles. The van der Waals surface area contributed by atoms with E-state index >= 15 is 0 Å². The van der Waals surface area contributed by atoms with Gasteiger partial charge in [0.15, 0.2) is 0 Å². The SMILES string of the molecule is O=C([C@H](O)C1CCCCC1)N1CCc2c(nc(-c3cccnc3)[nH]c2=O)C1. The van der Waals surface area contributed by atoms with Crippen LogP contribution in [0.15, 0.2) is 29.3 Å². The number of carbonyl (C=O) groups is 1. The average molecular weight is 368 g/mol. The Morgan fingerprint density at radius 2 is 2.11 bits per heavy atom. The number of amides is 1. The summed E-state index contributed by atoms with van der Waals surface area (Å²) in [5.41, 5.74) is 1.79. The second kappa shape index (κ2) is 7.60. The number of nitrogens with one attached hydrogen (secondary N) is 1. The summed E-state index contributed by atoms with van der Waals surface area (Å²) in [7, 11) is 0. The van der Waals surface area contributed by atoms with Gasteiger partial charge in [-0.2, -0.15) is 0 Å². The normalized spacial score (nSPS) is 18.8. The Hall–Kier alpha value is -2.54. The van der Waals surface area contributed by atoms with Crippen LogP contribution in [-0.4, -0.2) is 43.5 Å². The van der Waals surface area contributed by atoms with E-state index in [1.165, 1.54) is 6.42 Å². The van der Waals surface area contributed by atoms with E-state index in [2.05, 4.69) is 15.0 Å². The van der Waals surface area contributed by atoms with Crippen LogP contribution in [0.1, 0.15) is 43.4 Å². The van der Waals surface area contributed by atoms with Gasteiger partial charge < -0.3 is 15.0 Å². The summed E-state index contributed by atoms with van der Waals surface area (Å²) in [4.78, 5) is 38.3. The van der Waals surface area contributed by atoms with E-state index in [9.17, 15) is 14.7 Å². The lowest BCUT2D eigenvalue weighted by atomic mass is 9.84. The molecule has 27 heavy (non-hydrogen) atoms. The van der Waals surface area contributed by atoms with E-state index in [1.807, 2.05) is 6.07 Å². The van der Waals surface area contributed by atoms with Gasteiger partial charge in [0.2, 0.25) is 0 Å². The predicted molar refractivity (Wildman–Crippen MR) is 99.8 cm³/mol.